The molecule has 0 fully saturated rings. The number of carbonyl (C=O) groups is 1. The van der Waals surface area contributed by atoms with Crippen molar-refractivity contribution in [1.29, 1.82) is 0 Å². The summed E-state index contributed by atoms with van der Waals surface area (Å²) < 4.78 is 4.92. The van der Waals surface area contributed by atoms with E-state index in [0.717, 1.165) is 0 Å². The number of ether oxygens (including phenoxy) is 1. The number of nitrogens with one attached hydrogen (secondary N) is 2. The van der Waals surface area contributed by atoms with Gasteiger partial charge in [-0.1, -0.05) is 0 Å². The molecule has 1 aromatic heterocycles. The second kappa shape index (κ2) is 5.72. The van der Waals surface area contributed by atoms with E-state index in [0.29, 0.717) is 17.0 Å². The largest absolute Gasteiger partial charge is 0.504 e. The van der Waals surface area contributed by atoms with Crippen molar-refractivity contribution < 1.29 is 14.6 Å². The summed E-state index contributed by atoms with van der Waals surface area (Å²) in [6.45, 7) is 0. The zero-order valence-electron chi connectivity index (χ0n) is 10.3. The number of amides is 1. The lowest BCUT2D eigenvalue weighted by Crippen LogP contribution is -2.17. The first-order valence-electron chi connectivity index (χ1n) is 5.54. The highest BCUT2D eigenvalue weighted by Crippen LogP contribution is 2.25. The molecule has 0 aliphatic heterocycles. The zero-order chi connectivity index (χ0) is 13.7. The summed E-state index contributed by atoms with van der Waals surface area (Å²) in [7, 11) is 1.47. The zero-order valence-corrected chi connectivity index (χ0v) is 10.3. The molecule has 0 aliphatic carbocycles. The van der Waals surface area contributed by atoms with Gasteiger partial charge in [0.25, 0.3) is 5.91 Å². The summed E-state index contributed by atoms with van der Waals surface area (Å²) in [4.78, 5) is 14.3. The van der Waals surface area contributed by atoms with Crippen molar-refractivity contribution in [2.24, 2.45) is 5.10 Å². The second-order valence-corrected chi connectivity index (χ2v) is 3.71. The number of hydrogen-bond donors (Lipinski definition) is 3. The lowest BCUT2D eigenvalue weighted by molar-refractivity contribution is 0.0951. The number of aromatic hydroxyl groups is 1. The van der Waals surface area contributed by atoms with Crippen LogP contribution in [-0.2, 0) is 0 Å². The molecule has 6 heteroatoms. The predicted octanol–water partition coefficient (Wildman–Crippen LogP) is 1.49. The minimum atomic E-state index is -0.334. The molecule has 0 saturated carbocycles. The van der Waals surface area contributed by atoms with Gasteiger partial charge in [-0.25, -0.2) is 5.43 Å². The predicted molar refractivity (Wildman–Crippen MR) is 70.5 cm³/mol. The number of aromatic nitrogens is 1. The molecule has 0 saturated heterocycles. The molecule has 3 N–H and O–H groups in total. The van der Waals surface area contributed by atoms with Gasteiger partial charge in [0.2, 0.25) is 0 Å². The van der Waals surface area contributed by atoms with Gasteiger partial charge in [-0.05, 0) is 35.9 Å². The average Bonchev–Trinajstić information content (AvgIpc) is 2.93. The number of hydrogen-bond acceptors (Lipinski definition) is 4. The van der Waals surface area contributed by atoms with Gasteiger partial charge in [0.05, 0.1) is 13.3 Å². The lowest BCUT2D eigenvalue weighted by Gasteiger charge is -2.03. The first-order valence-corrected chi connectivity index (χ1v) is 5.54. The van der Waals surface area contributed by atoms with Gasteiger partial charge in [0.1, 0.15) is 5.69 Å². The molecule has 0 unspecified atom stereocenters. The fraction of sp³-hybridized carbons (Fsp3) is 0.0769. The number of aromatic amines is 1. The third kappa shape index (κ3) is 3.12. The number of carbonyl (C=O) groups excluding carboxylic acids is 1. The van der Waals surface area contributed by atoms with E-state index in [1.807, 2.05) is 0 Å². The summed E-state index contributed by atoms with van der Waals surface area (Å²) in [5.41, 5.74) is 3.44. The standard InChI is InChI=1S/C13H13N3O3/c1-19-12-5-4-9(7-11(12)17)8-15-16-13(18)10-3-2-6-14-10/h2-8,14,17H,1H3,(H,16,18)/b15-8-. The Hall–Kier alpha value is -2.76. The first kappa shape index (κ1) is 12.7. The van der Waals surface area contributed by atoms with E-state index in [-0.39, 0.29) is 11.7 Å². The van der Waals surface area contributed by atoms with Crippen molar-refractivity contribution in [2.45, 2.75) is 0 Å². The topological polar surface area (TPSA) is 86.7 Å². The molecule has 98 valence electrons. The maximum absolute atomic E-state index is 11.5. The van der Waals surface area contributed by atoms with Crippen molar-refractivity contribution in [1.82, 2.24) is 10.4 Å². The highest BCUT2D eigenvalue weighted by Gasteiger charge is 2.03. The van der Waals surface area contributed by atoms with Gasteiger partial charge >= 0.3 is 0 Å². The van der Waals surface area contributed by atoms with E-state index < -0.39 is 0 Å². The number of phenols is 1. The average molecular weight is 259 g/mol. The smallest absolute Gasteiger partial charge is 0.287 e. The van der Waals surface area contributed by atoms with Crippen molar-refractivity contribution in [3.63, 3.8) is 0 Å². The molecule has 19 heavy (non-hydrogen) atoms. The van der Waals surface area contributed by atoms with Gasteiger partial charge < -0.3 is 14.8 Å². The van der Waals surface area contributed by atoms with Crippen LogP contribution in [0, 0.1) is 0 Å². The van der Waals surface area contributed by atoms with Crippen molar-refractivity contribution in [3.8, 4) is 11.5 Å². The lowest BCUT2D eigenvalue weighted by atomic mass is 10.2. The number of benzene rings is 1. The molecule has 1 heterocycles. The van der Waals surface area contributed by atoms with Crippen molar-refractivity contribution in [2.75, 3.05) is 7.11 Å². The van der Waals surface area contributed by atoms with E-state index in [9.17, 15) is 9.90 Å². The van der Waals surface area contributed by atoms with Crippen LogP contribution in [0.4, 0.5) is 0 Å². The molecule has 0 spiro atoms. The number of phenolic OH excluding ortho intramolecular Hbond substituents is 1. The van der Waals surface area contributed by atoms with E-state index in [4.69, 9.17) is 4.74 Å². The minimum absolute atomic E-state index is 0.0159. The van der Waals surface area contributed by atoms with Gasteiger partial charge in [0.15, 0.2) is 11.5 Å². The molecule has 0 atom stereocenters. The number of H-pyrrole nitrogens is 1. The van der Waals surface area contributed by atoms with Gasteiger partial charge in [-0.2, -0.15) is 5.10 Å². The van der Waals surface area contributed by atoms with Crippen LogP contribution in [0.3, 0.4) is 0 Å². The normalized spacial score (nSPS) is 10.6. The number of rotatable bonds is 4. The van der Waals surface area contributed by atoms with E-state index in [1.165, 1.54) is 19.4 Å². The Morgan fingerprint density at radius 3 is 2.95 bits per heavy atom. The SMILES string of the molecule is COc1ccc(/C=N\NC(=O)c2ccc[nH]2)cc1O. The summed E-state index contributed by atoms with van der Waals surface area (Å²) in [5, 5.41) is 13.4. The Morgan fingerprint density at radius 2 is 2.32 bits per heavy atom. The molecule has 2 rings (SSSR count). The fourth-order valence-electron chi connectivity index (χ4n) is 1.48. The van der Waals surface area contributed by atoms with Crippen LogP contribution in [0.15, 0.2) is 41.6 Å². The third-order valence-electron chi connectivity index (χ3n) is 2.43. The molecule has 0 aliphatic rings. The van der Waals surface area contributed by atoms with Crippen molar-refractivity contribution in [3.05, 3.63) is 47.8 Å². The Bertz CT molecular complexity index is 591. The molecular weight excluding hydrogens is 246 g/mol. The molecule has 1 amide bonds. The highest BCUT2D eigenvalue weighted by molar-refractivity contribution is 5.93. The molecule has 0 bridgehead atoms. The van der Waals surface area contributed by atoms with Crippen LogP contribution < -0.4 is 10.2 Å². The Balaban J connectivity index is 1.99. The molecule has 6 nitrogen and oxygen atoms in total. The van der Waals surface area contributed by atoms with Crippen LogP contribution in [0.25, 0.3) is 0 Å². The summed E-state index contributed by atoms with van der Waals surface area (Å²) in [5.74, 6) is 0.0636. The second-order valence-electron chi connectivity index (χ2n) is 3.71. The Morgan fingerprint density at radius 1 is 1.47 bits per heavy atom. The van der Waals surface area contributed by atoms with E-state index in [2.05, 4.69) is 15.5 Å². The molecule has 2 aromatic rings. The van der Waals surface area contributed by atoms with Gasteiger partial charge in [0, 0.05) is 6.20 Å². The van der Waals surface area contributed by atoms with Gasteiger partial charge in [-0.3, -0.25) is 4.79 Å². The van der Waals surface area contributed by atoms with Crippen molar-refractivity contribution >= 4 is 12.1 Å². The molecule has 1 aromatic carbocycles. The van der Waals surface area contributed by atoms with Gasteiger partial charge in [-0.15, -0.1) is 0 Å². The van der Waals surface area contributed by atoms with Crippen LogP contribution in [0.5, 0.6) is 11.5 Å². The maximum Gasteiger partial charge on any atom is 0.287 e. The Kier molecular flexibility index (Phi) is 3.82. The van der Waals surface area contributed by atoms with Crippen LogP contribution in [-0.4, -0.2) is 29.3 Å². The fourth-order valence-corrected chi connectivity index (χ4v) is 1.48. The van der Waals surface area contributed by atoms with Crippen LogP contribution in [0.2, 0.25) is 0 Å². The summed E-state index contributed by atoms with van der Waals surface area (Å²) in [6, 6.07) is 8.18. The number of nitrogens with zero attached hydrogens (tertiary/aromatic N) is 1. The monoisotopic (exact) mass is 259 g/mol. The van der Waals surface area contributed by atoms with Crippen LogP contribution in [0.1, 0.15) is 16.1 Å². The Labute approximate surface area is 109 Å². The van der Waals surface area contributed by atoms with E-state index in [1.54, 1.807) is 30.5 Å². The summed E-state index contributed by atoms with van der Waals surface area (Å²) in [6.07, 6.45) is 3.08. The minimum Gasteiger partial charge on any atom is -0.504 e. The molecule has 0 radical (unpaired) electrons. The van der Waals surface area contributed by atoms with Crippen LogP contribution >= 0.6 is 0 Å². The first-order chi connectivity index (χ1) is 9.20. The number of methoxy groups -OCH3 is 1. The highest BCUT2D eigenvalue weighted by atomic mass is 16.5. The quantitative estimate of drug-likeness (QED) is 0.574. The van der Waals surface area contributed by atoms with E-state index >= 15 is 0 Å². The maximum atomic E-state index is 11.5. The number of hydrazone groups is 1. The summed E-state index contributed by atoms with van der Waals surface area (Å²) >= 11 is 0. The molecular formula is C13H13N3O3. The third-order valence-corrected chi connectivity index (χ3v) is 2.43.